The molecule has 124 valence electrons. The van der Waals surface area contributed by atoms with Crippen molar-refractivity contribution in [3.63, 3.8) is 0 Å². The van der Waals surface area contributed by atoms with E-state index in [1.165, 1.54) is 11.1 Å². The highest BCUT2D eigenvalue weighted by atomic mass is 16.5. The van der Waals surface area contributed by atoms with Crippen molar-refractivity contribution in [1.29, 1.82) is 0 Å². The first kappa shape index (κ1) is 14.9. The second-order valence-electron chi connectivity index (χ2n) is 6.17. The van der Waals surface area contributed by atoms with Gasteiger partial charge in [0.15, 0.2) is 0 Å². The second kappa shape index (κ2) is 6.07. The first-order valence-corrected chi connectivity index (χ1v) is 8.23. The number of urea groups is 1. The Kier molecular flexibility index (Phi) is 3.76. The van der Waals surface area contributed by atoms with Crippen LogP contribution in [0.3, 0.4) is 0 Å². The smallest absolute Gasteiger partial charge is 0.321 e. The Hall–Kier alpha value is -2.69. The number of nitrogens with one attached hydrogen (secondary N) is 1. The number of benzene rings is 2. The largest absolute Gasteiger partial charge is 0.493 e. The molecule has 0 bridgehead atoms. The summed E-state index contributed by atoms with van der Waals surface area (Å²) >= 11 is 0. The van der Waals surface area contributed by atoms with E-state index >= 15 is 0 Å². The molecule has 0 spiro atoms. The lowest BCUT2D eigenvalue weighted by atomic mass is 9.99. The fourth-order valence-electron chi connectivity index (χ4n) is 3.30. The molecule has 0 fully saturated rings. The molecule has 2 aromatic carbocycles. The van der Waals surface area contributed by atoms with Crippen molar-refractivity contribution >= 4 is 11.7 Å². The Morgan fingerprint density at radius 1 is 1.17 bits per heavy atom. The third-order valence-electron chi connectivity index (χ3n) is 4.53. The number of nitrogens with zero attached hydrogens (tertiary/aromatic N) is 1. The van der Waals surface area contributed by atoms with Gasteiger partial charge in [-0.2, -0.15) is 0 Å². The minimum Gasteiger partial charge on any atom is -0.493 e. The Morgan fingerprint density at radius 3 is 2.79 bits per heavy atom. The Morgan fingerprint density at radius 2 is 1.96 bits per heavy atom. The molecular weight excluding hydrogens is 304 g/mol. The number of para-hydroxylation sites is 1. The van der Waals surface area contributed by atoms with Crippen LogP contribution in [0.5, 0.6) is 11.5 Å². The van der Waals surface area contributed by atoms with Crippen molar-refractivity contribution in [2.75, 3.05) is 25.6 Å². The van der Waals surface area contributed by atoms with Crippen LogP contribution in [0.2, 0.25) is 0 Å². The maximum absolute atomic E-state index is 12.5. The van der Waals surface area contributed by atoms with Crippen molar-refractivity contribution in [3.8, 4) is 11.5 Å². The Balaban J connectivity index is 1.56. The average molecular weight is 324 g/mol. The molecule has 0 radical (unpaired) electrons. The highest BCUT2D eigenvalue weighted by molar-refractivity contribution is 5.89. The number of anilines is 1. The van der Waals surface area contributed by atoms with E-state index in [-0.39, 0.29) is 6.03 Å². The molecule has 2 aliphatic heterocycles. The number of carbonyl (C=O) groups excluding carboxylic acids is 1. The normalized spacial score (nSPS) is 14.4. The van der Waals surface area contributed by atoms with Crippen LogP contribution in [-0.4, -0.2) is 31.2 Å². The zero-order valence-electron chi connectivity index (χ0n) is 13.7. The van der Waals surface area contributed by atoms with Gasteiger partial charge in [0, 0.05) is 42.3 Å². The van der Waals surface area contributed by atoms with E-state index in [9.17, 15) is 4.79 Å². The van der Waals surface area contributed by atoms with Crippen LogP contribution in [0.15, 0.2) is 36.4 Å². The molecule has 0 aromatic heterocycles. The van der Waals surface area contributed by atoms with E-state index in [4.69, 9.17) is 9.47 Å². The van der Waals surface area contributed by atoms with Gasteiger partial charge in [0.1, 0.15) is 11.5 Å². The minimum atomic E-state index is -0.135. The van der Waals surface area contributed by atoms with Crippen LogP contribution >= 0.6 is 0 Å². The summed E-state index contributed by atoms with van der Waals surface area (Å²) in [4.78, 5) is 14.1. The van der Waals surface area contributed by atoms with E-state index in [0.717, 1.165) is 35.6 Å². The molecule has 5 nitrogen and oxygen atoms in total. The predicted octanol–water partition coefficient (Wildman–Crippen LogP) is 3.22. The number of carbonyl (C=O) groups is 1. The second-order valence-corrected chi connectivity index (χ2v) is 6.17. The van der Waals surface area contributed by atoms with Crippen LogP contribution < -0.4 is 14.8 Å². The van der Waals surface area contributed by atoms with Gasteiger partial charge < -0.3 is 19.7 Å². The monoisotopic (exact) mass is 324 g/mol. The van der Waals surface area contributed by atoms with Crippen LogP contribution in [0.4, 0.5) is 10.5 Å². The van der Waals surface area contributed by atoms with Crippen molar-refractivity contribution < 1.29 is 14.3 Å². The molecule has 24 heavy (non-hydrogen) atoms. The van der Waals surface area contributed by atoms with Crippen LogP contribution in [-0.2, 0) is 19.4 Å². The van der Waals surface area contributed by atoms with Gasteiger partial charge in [-0.1, -0.05) is 18.2 Å². The standard InChI is InChI=1S/C19H20N2O3/c1-21(19(22)20-14-5-3-2-4-6-14)12-16-15-8-10-23-17(15)11-13-7-9-24-18(13)16/h2-6,11H,7-10,12H2,1H3,(H,20,22). The van der Waals surface area contributed by atoms with Crippen molar-refractivity contribution in [3.05, 3.63) is 53.1 Å². The van der Waals surface area contributed by atoms with Crippen molar-refractivity contribution in [2.24, 2.45) is 0 Å². The Bertz CT molecular complexity index is 742. The van der Waals surface area contributed by atoms with Gasteiger partial charge in [-0.3, -0.25) is 0 Å². The summed E-state index contributed by atoms with van der Waals surface area (Å²) in [7, 11) is 1.80. The number of hydrogen-bond donors (Lipinski definition) is 1. The molecule has 0 saturated heterocycles. The summed E-state index contributed by atoms with van der Waals surface area (Å²) in [5.41, 5.74) is 4.23. The molecular formula is C19H20N2O3. The topological polar surface area (TPSA) is 50.8 Å². The van der Waals surface area contributed by atoms with Crippen LogP contribution in [0, 0.1) is 0 Å². The number of hydrogen-bond acceptors (Lipinski definition) is 3. The third kappa shape index (κ3) is 2.66. The summed E-state index contributed by atoms with van der Waals surface area (Å²) in [6, 6.07) is 11.4. The summed E-state index contributed by atoms with van der Waals surface area (Å²) < 4.78 is 11.6. The van der Waals surface area contributed by atoms with Crippen LogP contribution in [0.25, 0.3) is 0 Å². The van der Waals surface area contributed by atoms with E-state index in [2.05, 4.69) is 11.4 Å². The van der Waals surface area contributed by atoms with Gasteiger partial charge in [0.05, 0.1) is 19.8 Å². The fraction of sp³-hybridized carbons (Fsp3) is 0.316. The quantitative estimate of drug-likeness (QED) is 0.943. The summed E-state index contributed by atoms with van der Waals surface area (Å²) in [6.07, 6.45) is 1.77. The van der Waals surface area contributed by atoms with Gasteiger partial charge in [-0.15, -0.1) is 0 Å². The zero-order valence-corrected chi connectivity index (χ0v) is 13.7. The molecule has 0 atom stereocenters. The van der Waals surface area contributed by atoms with Gasteiger partial charge in [-0.25, -0.2) is 4.79 Å². The van der Waals surface area contributed by atoms with Crippen molar-refractivity contribution in [2.45, 2.75) is 19.4 Å². The van der Waals surface area contributed by atoms with Gasteiger partial charge in [-0.05, 0) is 18.2 Å². The van der Waals surface area contributed by atoms with Crippen LogP contribution in [0.1, 0.15) is 16.7 Å². The first-order chi connectivity index (χ1) is 11.7. The van der Waals surface area contributed by atoms with Gasteiger partial charge in [0.2, 0.25) is 0 Å². The molecule has 0 aliphatic carbocycles. The minimum absolute atomic E-state index is 0.135. The molecule has 2 aromatic rings. The SMILES string of the molecule is CN(Cc1c2c(cc3c1OCC3)OCC2)C(=O)Nc1ccccc1. The lowest BCUT2D eigenvalue weighted by Crippen LogP contribution is -2.31. The summed E-state index contributed by atoms with van der Waals surface area (Å²) in [5, 5.41) is 2.91. The average Bonchev–Trinajstić information content (AvgIpc) is 3.24. The number of fused-ring (bicyclic) bond motifs is 2. The summed E-state index contributed by atoms with van der Waals surface area (Å²) in [6.45, 7) is 1.91. The molecule has 2 aliphatic rings. The molecule has 2 amide bonds. The van der Waals surface area contributed by atoms with E-state index in [0.29, 0.717) is 19.8 Å². The summed E-state index contributed by atoms with van der Waals surface area (Å²) in [5.74, 6) is 1.89. The third-order valence-corrected chi connectivity index (χ3v) is 4.53. The van der Waals surface area contributed by atoms with Gasteiger partial charge >= 0.3 is 6.03 Å². The molecule has 1 N–H and O–H groups in total. The predicted molar refractivity (Wildman–Crippen MR) is 91.8 cm³/mol. The number of amides is 2. The highest BCUT2D eigenvalue weighted by Crippen LogP contribution is 2.41. The lowest BCUT2D eigenvalue weighted by Gasteiger charge is -2.21. The molecule has 2 heterocycles. The zero-order chi connectivity index (χ0) is 16.5. The molecule has 0 saturated carbocycles. The number of ether oxygens (including phenoxy) is 2. The van der Waals surface area contributed by atoms with E-state index < -0.39 is 0 Å². The first-order valence-electron chi connectivity index (χ1n) is 8.23. The lowest BCUT2D eigenvalue weighted by molar-refractivity contribution is 0.220. The fourth-order valence-corrected chi connectivity index (χ4v) is 3.30. The van der Waals surface area contributed by atoms with E-state index in [1.807, 2.05) is 30.3 Å². The van der Waals surface area contributed by atoms with Crippen molar-refractivity contribution in [1.82, 2.24) is 4.90 Å². The molecule has 5 heteroatoms. The molecule has 4 rings (SSSR count). The molecule has 0 unspecified atom stereocenters. The van der Waals surface area contributed by atoms with E-state index in [1.54, 1.807) is 11.9 Å². The Labute approximate surface area is 141 Å². The number of rotatable bonds is 3. The maximum Gasteiger partial charge on any atom is 0.321 e. The van der Waals surface area contributed by atoms with Gasteiger partial charge in [0.25, 0.3) is 0 Å². The maximum atomic E-state index is 12.5. The highest BCUT2D eigenvalue weighted by Gasteiger charge is 2.27.